The normalized spacial score (nSPS) is 11.6. The molecule has 0 heteroatoms. The van der Waals surface area contributed by atoms with Crippen molar-refractivity contribution in [2.75, 3.05) is 0 Å². The Morgan fingerprint density at radius 1 is 1.11 bits per heavy atom. The Morgan fingerprint density at radius 2 is 1.83 bits per heavy atom. The Kier molecular flexibility index (Phi) is 3.47. The van der Waals surface area contributed by atoms with Crippen molar-refractivity contribution < 1.29 is 0 Å². The maximum Gasteiger partial charge on any atom is -0.0155 e. The zero-order valence-corrected chi connectivity index (χ0v) is 11.0. The lowest BCUT2D eigenvalue weighted by atomic mass is 9.99. The Balaban J connectivity index is 2.58. The molecular weight excluding hydrogens is 216 g/mol. The first-order valence-electron chi connectivity index (χ1n) is 6.10. The van der Waals surface area contributed by atoms with Crippen LogP contribution in [-0.4, -0.2) is 0 Å². The van der Waals surface area contributed by atoms with Gasteiger partial charge in [0.2, 0.25) is 0 Å². The van der Waals surface area contributed by atoms with E-state index in [1.165, 1.54) is 16.7 Å². The molecule has 2 aromatic rings. The molecule has 0 saturated carbocycles. The van der Waals surface area contributed by atoms with Gasteiger partial charge in [-0.2, -0.15) is 0 Å². The smallest absolute Gasteiger partial charge is 0.0155 e. The summed E-state index contributed by atoms with van der Waals surface area (Å²) in [5.74, 6) is 0. The van der Waals surface area contributed by atoms with E-state index in [0.29, 0.717) is 0 Å². The highest BCUT2D eigenvalue weighted by Gasteiger charge is 2.00. The first kappa shape index (κ1) is 12.4. The van der Waals surface area contributed by atoms with Crippen LogP contribution in [0.1, 0.15) is 12.5 Å². The van der Waals surface area contributed by atoms with E-state index in [9.17, 15) is 0 Å². The van der Waals surface area contributed by atoms with Gasteiger partial charge in [0, 0.05) is 0 Å². The summed E-state index contributed by atoms with van der Waals surface area (Å²) in [5.41, 5.74) is 4.82. The molecule has 2 aromatic carbocycles. The van der Waals surface area contributed by atoms with Crippen LogP contribution in [0.2, 0.25) is 0 Å². The molecule has 0 bridgehead atoms. The quantitative estimate of drug-likeness (QED) is 0.747. The van der Waals surface area contributed by atoms with Crippen molar-refractivity contribution in [3.05, 3.63) is 70.6 Å². The molecule has 0 aliphatic carbocycles. The third-order valence-corrected chi connectivity index (χ3v) is 3.00. The largest absolute Gasteiger partial charge is 0.0961 e. The van der Waals surface area contributed by atoms with Gasteiger partial charge in [-0.1, -0.05) is 61.2 Å². The summed E-state index contributed by atoms with van der Waals surface area (Å²) in [6.45, 7) is 12.1. The zero-order chi connectivity index (χ0) is 13.1. The molecule has 0 saturated heterocycles. The minimum absolute atomic E-state index is 1.04. The van der Waals surface area contributed by atoms with E-state index in [4.69, 9.17) is 0 Å². The van der Waals surface area contributed by atoms with Crippen LogP contribution in [0.3, 0.4) is 0 Å². The van der Waals surface area contributed by atoms with Gasteiger partial charge < -0.3 is 0 Å². The van der Waals surface area contributed by atoms with Gasteiger partial charge >= 0.3 is 0 Å². The molecule has 0 nitrogen and oxygen atoms in total. The van der Waals surface area contributed by atoms with E-state index in [1.54, 1.807) is 0 Å². The van der Waals surface area contributed by atoms with Crippen LogP contribution in [0.4, 0.5) is 0 Å². The van der Waals surface area contributed by atoms with Crippen LogP contribution in [0.25, 0.3) is 23.8 Å². The first-order chi connectivity index (χ1) is 8.58. The fourth-order valence-corrected chi connectivity index (χ4v) is 2.08. The predicted molar refractivity (Wildman–Crippen MR) is 80.7 cm³/mol. The molecule has 0 radical (unpaired) electrons. The lowest BCUT2D eigenvalue weighted by molar-refractivity contribution is 1.44. The Morgan fingerprint density at radius 3 is 2.44 bits per heavy atom. The highest BCUT2D eigenvalue weighted by atomic mass is 14.0. The number of hydrogen-bond donors (Lipinski definition) is 0. The van der Waals surface area contributed by atoms with Crippen molar-refractivity contribution in [2.24, 2.45) is 0 Å². The summed E-state index contributed by atoms with van der Waals surface area (Å²) in [6, 6.07) is 14.8. The van der Waals surface area contributed by atoms with Crippen LogP contribution < -0.4 is 10.4 Å². The second kappa shape index (κ2) is 5.05. The topological polar surface area (TPSA) is 0 Å². The zero-order valence-electron chi connectivity index (χ0n) is 11.0. The second-order valence-electron chi connectivity index (χ2n) is 4.72. The van der Waals surface area contributed by atoms with Gasteiger partial charge in [0.25, 0.3) is 0 Å². The molecule has 2 rings (SSSR count). The van der Waals surface area contributed by atoms with Gasteiger partial charge in [0.15, 0.2) is 0 Å². The molecule has 0 atom stereocenters. The number of aryl methyl sites for hydroxylation is 1. The van der Waals surface area contributed by atoms with Crippen LogP contribution in [0.15, 0.2) is 54.6 Å². The number of allylic oxidation sites excluding steroid dienone is 1. The Hall–Kier alpha value is -2.08. The highest BCUT2D eigenvalue weighted by molar-refractivity contribution is 5.67. The molecule has 0 unspecified atom stereocenters. The number of benzene rings is 2. The van der Waals surface area contributed by atoms with Gasteiger partial charge in [-0.3, -0.25) is 0 Å². The van der Waals surface area contributed by atoms with Crippen molar-refractivity contribution in [3.8, 4) is 11.1 Å². The second-order valence-corrected chi connectivity index (χ2v) is 4.72. The minimum atomic E-state index is 1.04. The average molecular weight is 234 g/mol. The van der Waals surface area contributed by atoms with E-state index in [2.05, 4.69) is 68.6 Å². The molecule has 0 spiro atoms. The van der Waals surface area contributed by atoms with Gasteiger partial charge in [0.05, 0.1) is 0 Å². The molecule has 0 N–H and O–H groups in total. The Labute approximate surface area is 109 Å². The summed E-state index contributed by atoms with van der Waals surface area (Å²) >= 11 is 0. The van der Waals surface area contributed by atoms with Gasteiger partial charge in [-0.15, -0.1) is 0 Å². The molecular formula is C18H18. The van der Waals surface area contributed by atoms with Crippen molar-refractivity contribution in [2.45, 2.75) is 13.8 Å². The average Bonchev–Trinajstić information content (AvgIpc) is 2.32. The number of rotatable bonds is 2. The van der Waals surface area contributed by atoms with Crippen molar-refractivity contribution in [3.63, 3.8) is 0 Å². The fourth-order valence-electron chi connectivity index (χ4n) is 2.08. The van der Waals surface area contributed by atoms with E-state index >= 15 is 0 Å². The molecule has 0 heterocycles. The van der Waals surface area contributed by atoms with Gasteiger partial charge in [-0.25, -0.2) is 0 Å². The van der Waals surface area contributed by atoms with Crippen LogP contribution in [0, 0.1) is 6.92 Å². The molecule has 18 heavy (non-hydrogen) atoms. The summed E-state index contributed by atoms with van der Waals surface area (Å²) in [5, 5.41) is 2.18. The van der Waals surface area contributed by atoms with Crippen molar-refractivity contribution >= 4 is 12.7 Å². The van der Waals surface area contributed by atoms with Crippen LogP contribution in [0.5, 0.6) is 0 Å². The van der Waals surface area contributed by atoms with E-state index < -0.39 is 0 Å². The van der Waals surface area contributed by atoms with Crippen molar-refractivity contribution in [1.82, 2.24) is 0 Å². The van der Waals surface area contributed by atoms with Crippen molar-refractivity contribution in [1.29, 1.82) is 0 Å². The SMILES string of the molecule is C=C(C)/C=c1/ccc(-c2ccccc2C)cc1=C. The fraction of sp³-hybridized carbons (Fsp3) is 0.111. The third kappa shape index (κ3) is 2.60. The molecule has 90 valence electrons. The van der Waals surface area contributed by atoms with E-state index in [1.807, 2.05) is 6.92 Å². The molecule has 0 fully saturated rings. The summed E-state index contributed by atoms with van der Waals surface area (Å²) in [4.78, 5) is 0. The molecule has 0 aromatic heterocycles. The number of hydrogen-bond acceptors (Lipinski definition) is 0. The molecule has 0 aliphatic heterocycles. The van der Waals surface area contributed by atoms with E-state index in [-0.39, 0.29) is 0 Å². The highest BCUT2D eigenvalue weighted by Crippen LogP contribution is 2.20. The summed E-state index contributed by atoms with van der Waals surface area (Å²) in [7, 11) is 0. The van der Waals surface area contributed by atoms with Gasteiger partial charge in [-0.05, 0) is 47.0 Å². The van der Waals surface area contributed by atoms with Crippen LogP contribution in [-0.2, 0) is 0 Å². The summed E-state index contributed by atoms with van der Waals surface area (Å²) in [6.07, 6.45) is 2.06. The monoisotopic (exact) mass is 234 g/mol. The first-order valence-corrected chi connectivity index (χ1v) is 6.10. The Bertz CT molecular complexity index is 690. The third-order valence-electron chi connectivity index (χ3n) is 3.00. The van der Waals surface area contributed by atoms with E-state index in [0.717, 1.165) is 16.0 Å². The summed E-state index contributed by atoms with van der Waals surface area (Å²) < 4.78 is 0. The minimum Gasteiger partial charge on any atom is -0.0961 e. The lowest BCUT2D eigenvalue weighted by Crippen LogP contribution is -2.22. The standard InChI is InChI=1S/C18H18/c1-13(2)11-16-9-10-17(12-15(16)4)18-8-6-5-7-14(18)3/h5-12H,1,4H2,2-3H3/b16-11-. The van der Waals surface area contributed by atoms with Crippen LogP contribution >= 0.6 is 0 Å². The predicted octanol–water partition coefficient (Wildman–Crippen LogP) is 3.43. The molecule has 0 amide bonds. The van der Waals surface area contributed by atoms with Gasteiger partial charge in [0.1, 0.15) is 0 Å². The molecule has 0 aliphatic rings. The maximum atomic E-state index is 4.12. The lowest BCUT2D eigenvalue weighted by Gasteiger charge is -2.05. The maximum absolute atomic E-state index is 4.12.